The highest BCUT2D eigenvalue weighted by Crippen LogP contribution is 2.24. The zero-order valence-corrected chi connectivity index (χ0v) is 11.9. The van der Waals surface area contributed by atoms with E-state index in [1.165, 1.54) is 12.1 Å². The van der Waals surface area contributed by atoms with E-state index in [-0.39, 0.29) is 12.3 Å². The molecule has 0 radical (unpaired) electrons. The summed E-state index contributed by atoms with van der Waals surface area (Å²) in [7, 11) is 0. The second-order valence-corrected chi connectivity index (χ2v) is 4.42. The fraction of sp³-hybridized carbons (Fsp3) is 0.286. The Morgan fingerprint density at radius 1 is 1.33 bits per heavy atom. The van der Waals surface area contributed by atoms with E-state index in [1.807, 2.05) is 13.8 Å². The van der Waals surface area contributed by atoms with Gasteiger partial charge in [-0.3, -0.25) is 15.1 Å². The summed E-state index contributed by atoms with van der Waals surface area (Å²) in [5, 5.41) is 13.8. The molecule has 0 spiro atoms. The standard InChI is InChI=1S/C14H16N4O3/c1-3-15-14-8-16-11(7-17-14)9-21-13-6-12(18(19)20)5-4-10(13)2/h4-8H,3,9H2,1-2H3,(H,15,17). The monoisotopic (exact) mass is 288 g/mol. The Morgan fingerprint density at radius 3 is 2.76 bits per heavy atom. The number of nitrogens with one attached hydrogen (secondary N) is 1. The van der Waals surface area contributed by atoms with Gasteiger partial charge in [0, 0.05) is 12.6 Å². The fourth-order valence-corrected chi connectivity index (χ4v) is 1.71. The molecule has 0 aliphatic carbocycles. The lowest BCUT2D eigenvalue weighted by atomic mass is 10.2. The molecule has 110 valence electrons. The first-order chi connectivity index (χ1) is 10.1. The number of rotatable bonds is 6. The zero-order valence-electron chi connectivity index (χ0n) is 11.9. The molecule has 0 saturated carbocycles. The molecule has 7 nitrogen and oxygen atoms in total. The van der Waals surface area contributed by atoms with Crippen molar-refractivity contribution in [3.8, 4) is 5.75 Å². The Balaban J connectivity index is 2.05. The van der Waals surface area contributed by atoms with Crippen molar-refractivity contribution in [3.63, 3.8) is 0 Å². The van der Waals surface area contributed by atoms with Gasteiger partial charge in [0.2, 0.25) is 0 Å². The van der Waals surface area contributed by atoms with Crippen LogP contribution in [0.4, 0.5) is 11.5 Å². The number of aromatic nitrogens is 2. The van der Waals surface area contributed by atoms with E-state index in [0.717, 1.165) is 12.1 Å². The molecule has 7 heteroatoms. The SMILES string of the molecule is CCNc1cnc(COc2cc([N+](=O)[O-])ccc2C)cn1. The number of nitrogens with zero attached hydrogens (tertiary/aromatic N) is 3. The van der Waals surface area contributed by atoms with Crippen LogP contribution in [0.2, 0.25) is 0 Å². The van der Waals surface area contributed by atoms with Crippen LogP contribution in [0.15, 0.2) is 30.6 Å². The van der Waals surface area contributed by atoms with Crippen LogP contribution in [0.1, 0.15) is 18.2 Å². The van der Waals surface area contributed by atoms with Crippen molar-refractivity contribution in [3.05, 3.63) is 52.0 Å². The van der Waals surface area contributed by atoms with Crippen molar-refractivity contribution >= 4 is 11.5 Å². The molecule has 1 aromatic heterocycles. The van der Waals surface area contributed by atoms with E-state index in [9.17, 15) is 10.1 Å². The summed E-state index contributed by atoms with van der Waals surface area (Å²) in [5.74, 6) is 1.18. The first-order valence-electron chi connectivity index (χ1n) is 6.52. The van der Waals surface area contributed by atoms with Gasteiger partial charge in [-0.15, -0.1) is 0 Å². The molecule has 1 N–H and O–H groups in total. The predicted molar refractivity (Wildman–Crippen MR) is 78.4 cm³/mol. The topological polar surface area (TPSA) is 90.2 Å². The van der Waals surface area contributed by atoms with Gasteiger partial charge in [-0.25, -0.2) is 4.98 Å². The molecule has 1 aromatic carbocycles. The molecule has 0 saturated heterocycles. The Labute approximate surface area is 122 Å². The van der Waals surface area contributed by atoms with Crippen LogP contribution in [-0.4, -0.2) is 21.4 Å². The van der Waals surface area contributed by atoms with Crippen molar-refractivity contribution in [2.24, 2.45) is 0 Å². The van der Waals surface area contributed by atoms with Crippen molar-refractivity contribution in [1.82, 2.24) is 9.97 Å². The molecule has 1 heterocycles. The molecule has 0 aliphatic heterocycles. The second-order valence-electron chi connectivity index (χ2n) is 4.42. The van der Waals surface area contributed by atoms with Crippen LogP contribution in [0.5, 0.6) is 5.75 Å². The number of nitro groups is 1. The second kappa shape index (κ2) is 6.65. The molecule has 0 fully saturated rings. The van der Waals surface area contributed by atoms with Crippen molar-refractivity contribution in [2.45, 2.75) is 20.5 Å². The highest BCUT2D eigenvalue weighted by atomic mass is 16.6. The molecule has 2 rings (SSSR count). The molecule has 0 aliphatic rings. The van der Waals surface area contributed by atoms with E-state index in [0.29, 0.717) is 17.3 Å². The summed E-state index contributed by atoms with van der Waals surface area (Å²) >= 11 is 0. The van der Waals surface area contributed by atoms with E-state index in [2.05, 4.69) is 15.3 Å². The van der Waals surface area contributed by atoms with Crippen LogP contribution in [-0.2, 0) is 6.61 Å². The number of aryl methyl sites for hydroxylation is 1. The van der Waals surface area contributed by atoms with Gasteiger partial charge in [0.1, 0.15) is 18.2 Å². The van der Waals surface area contributed by atoms with Crippen LogP contribution < -0.4 is 10.1 Å². The maximum atomic E-state index is 10.8. The Kier molecular flexibility index (Phi) is 4.65. The van der Waals surface area contributed by atoms with Gasteiger partial charge in [0.25, 0.3) is 5.69 Å². The molecule has 0 bridgehead atoms. The summed E-state index contributed by atoms with van der Waals surface area (Å²) in [6, 6.07) is 4.52. The van der Waals surface area contributed by atoms with Gasteiger partial charge in [0.05, 0.1) is 29.1 Å². The van der Waals surface area contributed by atoms with Gasteiger partial charge in [0.15, 0.2) is 0 Å². The Hall–Kier alpha value is -2.70. The summed E-state index contributed by atoms with van der Waals surface area (Å²) in [4.78, 5) is 18.7. The minimum absolute atomic E-state index is 0.00387. The smallest absolute Gasteiger partial charge is 0.273 e. The minimum atomic E-state index is -0.447. The number of hydrogen-bond acceptors (Lipinski definition) is 6. The van der Waals surface area contributed by atoms with E-state index < -0.39 is 4.92 Å². The number of ether oxygens (including phenoxy) is 1. The maximum absolute atomic E-state index is 10.8. The van der Waals surface area contributed by atoms with Crippen molar-refractivity contribution in [1.29, 1.82) is 0 Å². The third-order valence-electron chi connectivity index (χ3n) is 2.82. The van der Waals surface area contributed by atoms with Crippen LogP contribution >= 0.6 is 0 Å². The molecule has 21 heavy (non-hydrogen) atoms. The summed E-state index contributed by atoms with van der Waals surface area (Å²) in [6.07, 6.45) is 3.24. The predicted octanol–water partition coefficient (Wildman–Crippen LogP) is 2.70. The largest absolute Gasteiger partial charge is 0.487 e. The minimum Gasteiger partial charge on any atom is -0.487 e. The third kappa shape index (κ3) is 3.88. The van der Waals surface area contributed by atoms with E-state index in [1.54, 1.807) is 18.5 Å². The van der Waals surface area contributed by atoms with Crippen LogP contribution in [0, 0.1) is 17.0 Å². The lowest BCUT2D eigenvalue weighted by molar-refractivity contribution is -0.385. The van der Waals surface area contributed by atoms with Crippen LogP contribution in [0.25, 0.3) is 0 Å². The normalized spacial score (nSPS) is 10.2. The molecule has 0 atom stereocenters. The summed E-state index contributed by atoms with van der Waals surface area (Å²) in [6.45, 7) is 4.79. The molecule has 2 aromatic rings. The average Bonchev–Trinajstić information content (AvgIpc) is 2.48. The number of hydrogen-bond donors (Lipinski definition) is 1. The first-order valence-corrected chi connectivity index (χ1v) is 6.52. The van der Waals surface area contributed by atoms with Gasteiger partial charge in [-0.05, 0) is 25.5 Å². The number of non-ortho nitro benzene ring substituents is 1. The van der Waals surface area contributed by atoms with Gasteiger partial charge >= 0.3 is 0 Å². The number of anilines is 1. The Bertz CT molecular complexity index is 629. The maximum Gasteiger partial charge on any atom is 0.273 e. The van der Waals surface area contributed by atoms with Crippen molar-refractivity contribution in [2.75, 3.05) is 11.9 Å². The molecular formula is C14H16N4O3. The molecule has 0 amide bonds. The average molecular weight is 288 g/mol. The molecular weight excluding hydrogens is 272 g/mol. The number of benzene rings is 1. The van der Waals surface area contributed by atoms with Gasteiger partial charge in [-0.2, -0.15) is 0 Å². The highest BCUT2D eigenvalue weighted by molar-refractivity contribution is 5.43. The van der Waals surface area contributed by atoms with E-state index in [4.69, 9.17) is 4.74 Å². The summed E-state index contributed by atoms with van der Waals surface area (Å²) in [5.41, 5.74) is 1.49. The highest BCUT2D eigenvalue weighted by Gasteiger charge is 2.10. The lowest BCUT2D eigenvalue weighted by Gasteiger charge is -2.09. The third-order valence-corrected chi connectivity index (χ3v) is 2.82. The first kappa shape index (κ1) is 14.7. The molecule has 0 unspecified atom stereocenters. The lowest BCUT2D eigenvalue weighted by Crippen LogP contribution is -2.04. The van der Waals surface area contributed by atoms with Crippen LogP contribution in [0.3, 0.4) is 0 Å². The van der Waals surface area contributed by atoms with Gasteiger partial charge in [-0.1, -0.05) is 0 Å². The van der Waals surface area contributed by atoms with E-state index >= 15 is 0 Å². The quantitative estimate of drug-likeness (QED) is 0.649. The Morgan fingerprint density at radius 2 is 2.14 bits per heavy atom. The van der Waals surface area contributed by atoms with Crippen molar-refractivity contribution < 1.29 is 9.66 Å². The zero-order chi connectivity index (χ0) is 15.2. The fourth-order valence-electron chi connectivity index (χ4n) is 1.71. The summed E-state index contributed by atoms with van der Waals surface area (Å²) < 4.78 is 5.59. The number of nitro benzene ring substituents is 1. The van der Waals surface area contributed by atoms with Gasteiger partial charge < -0.3 is 10.1 Å².